The van der Waals surface area contributed by atoms with Crippen LogP contribution in [-0.4, -0.2) is 22.6 Å². The fourth-order valence-corrected chi connectivity index (χ4v) is 2.92. The van der Waals surface area contributed by atoms with Gasteiger partial charge in [-0.15, -0.1) is 11.3 Å². The lowest BCUT2D eigenvalue weighted by atomic mass is 10.1. The molecule has 0 radical (unpaired) electrons. The number of thiophene rings is 1. The molecule has 0 aliphatic carbocycles. The van der Waals surface area contributed by atoms with Crippen molar-refractivity contribution < 1.29 is 0 Å². The zero-order valence-electron chi connectivity index (χ0n) is 11.1. The Balaban J connectivity index is 1.93. The number of hydrogen-bond donors (Lipinski definition) is 1. The predicted molar refractivity (Wildman–Crippen MR) is 77.9 cm³/mol. The van der Waals surface area contributed by atoms with Gasteiger partial charge in [-0.1, -0.05) is 13.0 Å². The highest BCUT2D eigenvalue weighted by molar-refractivity contribution is 7.13. The van der Waals surface area contributed by atoms with Gasteiger partial charge in [0.25, 0.3) is 0 Å². The zero-order valence-corrected chi connectivity index (χ0v) is 11.9. The molecule has 4 heteroatoms. The van der Waals surface area contributed by atoms with Crippen LogP contribution >= 0.6 is 11.3 Å². The minimum Gasteiger partial charge on any atom is -0.330 e. The van der Waals surface area contributed by atoms with Gasteiger partial charge in [-0.2, -0.15) is 0 Å². The van der Waals surface area contributed by atoms with E-state index < -0.39 is 0 Å². The van der Waals surface area contributed by atoms with Crippen LogP contribution in [0.2, 0.25) is 0 Å². The Morgan fingerprint density at radius 3 is 3.06 bits per heavy atom. The summed E-state index contributed by atoms with van der Waals surface area (Å²) < 4.78 is 2.26. The first-order valence-corrected chi connectivity index (χ1v) is 7.45. The van der Waals surface area contributed by atoms with E-state index in [1.165, 1.54) is 24.1 Å². The van der Waals surface area contributed by atoms with E-state index in [2.05, 4.69) is 45.5 Å². The minimum atomic E-state index is 0.638. The van der Waals surface area contributed by atoms with Crippen LogP contribution in [0.4, 0.5) is 0 Å². The summed E-state index contributed by atoms with van der Waals surface area (Å²) in [5.41, 5.74) is 0. The van der Waals surface area contributed by atoms with Gasteiger partial charge in [-0.25, -0.2) is 4.98 Å². The Kier molecular flexibility index (Phi) is 4.96. The predicted octanol–water partition coefficient (Wildman–Crippen LogP) is 3.39. The van der Waals surface area contributed by atoms with Crippen molar-refractivity contribution in [3.8, 4) is 10.7 Å². The van der Waals surface area contributed by atoms with Gasteiger partial charge < -0.3 is 9.88 Å². The van der Waals surface area contributed by atoms with E-state index in [0.717, 1.165) is 12.4 Å². The molecule has 2 aromatic heterocycles. The topological polar surface area (TPSA) is 29.9 Å². The molecule has 18 heavy (non-hydrogen) atoms. The molecule has 1 unspecified atom stereocenters. The van der Waals surface area contributed by atoms with Crippen molar-refractivity contribution in [1.82, 2.24) is 14.9 Å². The minimum absolute atomic E-state index is 0.638. The highest BCUT2D eigenvalue weighted by Gasteiger charge is 2.07. The highest BCUT2D eigenvalue weighted by atomic mass is 32.1. The molecule has 0 saturated heterocycles. The lowest BCUT2D eigenvalue weighted by Gasteiger charge is -2.14. The van der Waals surface area contributed by atoms with Gasteiger partial charge in [0.2, 0.25) is 0 Å². The average Bonchev–Trinajstić information content (AvgIpc) is 3.04. The molecule has 0 aliphatic heterocycles. The second kappa shape index (κ2) is 6.71. The number of hydrogen-bond acceptors (Lipinski definition) is 3. The maximum absolute atomic E-state index is 4.45. The van der Waals surface area contributed by atoms with Crippen LogP contribution in [0, 0.1) is 0 Å². The van der Waals surface area contributed by atoms with Gasteiger partial charge in [-0.05, 0) is 37.8 Å². The molecule has 0 saturated carbocycles. The summed E-state index contributed by atoms with van der Waals surface area (Å²) in [5, 5.41) is 5.45. The molecule has 2 rings (SSSR count). The molecule has 0 bridgehead atoms. The lowest BCUT2D eigenvalue weighted by Crippen LogP contribution is -2.24. The van der Waals surface area contributed by atoms with Crippen molar-refractivity contribution in [2.24, 2.45) is 0 Å². The third kappa shape index (κ3) is 3.21. The Hall–Kier alpha value is -1.13. The lowest BCUT2D eigenvalue weighted by molar-refractivity contribution is 0.469. The van der Waals surface area contributed by atoms with Crippen LogP contribution in [0.15, 0.2) is 29.9 Å². The number of nitrogens with one attached hydrogen (secondary N) is 1. The largest absolute Gasteiger partial charge is 0.330 e. The highest BCUT2D eigenvalue weighted by Crippen LogP contribution is 2.23. The SMILES string of the molecule is CCC(CCCn1ccnc1-c1cccs1)NC. The second-order valence-corrected chi connectivity index (χ2v) is 5.41. The van der Waals surface area contributed by atoms with Crippen molar-refractivity contribution in [3.63, 3.8) is 0 Å². The molecule has 98 valence electrons. The third-order valence-electron chi connectivity index (χ3n) is 3.31. The van der Waals surface area contributed by atoms with Crippen molar-refractivity contribution in [1.29, 1.82) is 0 Å². The van der Waals surface area contributed by atoms with Crippen molar-refractivity contribution in [2.75, 3.05) is 7.05 Å². The monoisotopic (exact) mass is 263 g/mol. The molecule has 2 heterocycles. The molecule has 1 N–H and O–H groups in total. The van der Waals surface area contributed by atoms with Gasteiger partial charge in [0.1, 0.15) is 5.82 Å². The summed E-state index contributed by atoms with van der Waals surface area (Å²) in [5.74, 6) is 1.10. The Morgan fingerprint density at radius 2 is 2.39 bits per heavy atom. The fraction of sp³-hybridized carbons (Fsp3) is 0.500. The first kappa shape index (κ1) is 13.3. The number of rotatable bonds is 7. The van der Waals surface area contributed by atoms with E-state index in [-0.39, 0.29) is 0 Å². The standard InChI is InChI=1S/C14H21N3S/c1-3-12(15-2)6-4-9-17-10-8-16-14(17)13-7-5-11-18-13/h5,7-8,10-12,15H,3-4,6,9H2,1-2H3. The van der Waals surface area contributed by atoms with E-state index in [1.807, 2.05) is 13.2 Å². The molecule has 0 amide bonds. The van der Waals surface area contributed by atoms with E-state index >= 15 is 0 Å². The van der Waals surface area contributed by atoms with Crippen LogP contribution < -0.4 is 5.32 Å². The Bertz CT molecular complexity index is 443. The van der Waals surface area contributed by atoms with E-state index in [0.29, 0.717) is 6.04 Å². The van der Waals surface area contributed by atoms with E-state index in [1.54, 1.807) is 11.3 Å². The van der Waals surface area contributed by atoms with Gasteiger partial charge in [0.15, 0.2) is 0 Å². The second-order valence-electron chi connectivity index (χ2n) is 4.46. The third-order valence-corrected chi connectivity index (χ3v) is 4.18. The number of aryl methyl sites for hydroxylation is 1. The smallest absolute Gasteiger partial charge is 0.149 e. The first-order valence-electron chi connectivity index (χ1n) is 6.57. The number of nitrogens with zero attached hydrogens (tertiary/aromatic N) is 2. The van der Waals surface area contributed by atoms with Crippen LogP contribution in [0.3, 0.4) is 0 Å². The summed E-state index contributed by atoms with van der Waals surface area (Å²) in [6, 6.07) is 4.85. The molecule has 0 aromatic carbocycles. The number of aromatic nitrogens is 2. The van der Waals surface area contributed by atoms with Crippen molar-refractivity contribution in [3.05, 3.63) is 29.9 Å². The van der Waals surface area contributed by atoms with Gasteiger partial charge in [0.05, 0.1) is 4.88 Å². The zero-order chi connectivity index (χ0) is 12.8. The van der Waals surface area contributed by atoms with Crippen LogP contribution in [0.5, 0.6) is 0 Å². The Morgan fingerprint density at radius 1 is 1.50 bits per heavy atom. The van der Waals surface area contributed by atoms with Gasteiger partial charge in [-0.3, -0.25) is 0 Å². The molecular weight excluding hydrogens is 242 g/mol. The van der Waals surface area contributed by atoms with E-state index in [9.17, 15) is 0 Å². The van der Waals surface area contributed by atoms with E-state index in [4.69, 9.17) is 0 Å². The van der Waals surface area contributed by atoms with Crippen molar-refractivity contribution >= 4 is 11.3 Å². The van der Waals surface area contributed by atoms with Crippen LogP contribution in [0.25, 0.3) is 10.7 Å². The summed E-state index contributed by atoms with van der Waals surface area (Å²) >= 11 is 1.75. The number of imidazole rings is 1. The van der Waals surface area contributed by atoms with Crippen molar-refractivity contribution in [2.45, 2.75) is 38.8 Å². The average molecular weight is 263 g/mol. The first-order chi connectivity index (χ1) is 8.85. The molecular formula is C14H21N3S. The maximum Gasteiger partial charge on any atom is 0.149 e. The molecule has 1 atom stereocenters. The summed E-state index contributed by atoms with van der Waals surface area (Å²) in [7, 11) is 2.04. The fourth-order valence-electron chi connectivity index (χ4n) is 2.18. The molecule has 3 nitrogen and oxygen atoms in total. The summed E-state index contributed by atoms with van der Waals surface area (Å²) in [6.45, 7) is 3.28. The van der Waals surface area contributed by atoms with Crippen LogP contribution in [-0.2, 0) is 6.54 Å². The molecule has 0 fully saturated rings. The molecule has 2 aromatic rings. The summed E-state index contributed by atoms with van der Waals surface area (Å²) in [4.78, 5) is 5.71. The molecule has 0 aliphatic rings. The normalized spacial score (nSPS) is 12.8. The van der Waals surface area contributed by atoms with Crippen LogP contribution in [0.1, 0.15) is 26.2 Å². The van der Waals surface area contributed by atoms with Gasteiger partial charge >= 0.3 is 0 Å². The quantitative estimate of drug-likeness (QED) is 0.830. The summed E-state index contributed by atoms with van der Waals surface area (Å²) in [6.07, 6.45) is 7.57. The van der Waals surface area contributed by atoms with Gasteiger partial charge in [0, 0.05) is 25.0 Å². The Labute approximate surface area is 113 Å². The maximum atomic E-state index is 4.45. The molecule has 0 spiro atoms.